The van der Waals surface area contributed by atoms with Crippen LogP contribution in [-0.2, 0) is 13.5 Å². The fourth-order valence-electron chi connectivity index (χ4n) is 2.00. The van der Waals surface area contributed by atoms with E-state index in [9.17, 15) is 8.78 Å². The van der Waals surface area contributed by atoms with Crippen molar-refractivity contribution < 1.29 is 8.78 Å². The van der Waals surface area contributed by atoms with Gasteiger partial charge in [-0.2, -0.15) is 0 Å². The summed E-state index contributed by atoms with van der Waals surface area (Å²) in [5.74, 6) is -0.0993. The van der Waals surface area contributed by atoms with Crippen molar-refractivity contribution in [1.82, 2.24) is 14.9 Å². The number of aromatic nitrogens is 2. The van der Waals surface area contributed by atoms with E-state index in [0.717, 1.165) is 18.3 Å². The highest BCUT2D eigenvalue weighted by atomic mass is 19.1. The van der Waals surface area contributed by atoms with Crippen LogP contribution in [-0.4, -0.2) is 16.1 Å². The average molecular weight is 265 g/mol. The third-order valence-corrected chi connectivity index (χ3v) is 3.15. The summed E-state index contributed by atoms with van der Waals surface area (Å²) in [5, 5.41) is 3.21. The van der Waals surface area contributed by atoms with Crippen LogP contribution in [0.5, 0.6) is 0 Å². The lowest BCUT2D eigenvalue weighted by Crippen LogP contribution is -2.23. The van der Waals surface area contributed by atoms with Crippen molar-refractivity contribution in [1.29, 1.82) is 0 Å². The lowest BCUT2D eigenvalue weighted by molar-refractivity contribution is 0.516. The van der Waals surface area contributed by atoms with Gasteiger partial charge in [0, 0.05) is 50.1 Å². The minimum Gasteiger partial charge on any atom is -0.338 e. The zero-order chi connectivity index (χ0) is 13.8. The fourth-order valence-corrected chi connectivity index (χ4v) is 2.00. The Kier molecular flexibility index (Phi) is 4.27. The van der Waals surface area contributed by atoms with Gasteiger partial charge in [-0.3, -0.25) is 0 Å². The van der Waals surface area contributed by atoms with Crippen molar-refractivity contribution in [2.45, 2.75) is 19.4 Å². The molecule has 1 aromatic carbocycles. The molecule has 2 rings (SSSR count). The van der Waals surface area contributed by atoms with Gasteiger partial charge in [0.1, 0.15) is 17.5 Å². The summed E-state index contributed by atoms with van der Waals surface area (Å²) in [6.07, 6.45) is 4.40. The third-order valence-electron chi connectivity index (χ3n) is 3.15. The predicted octanol–water partition coefficient (Wildman–Crippen LogP) is 2.59. The molecule has 19 heavy (non-hydrogen) atoms. The molecule has 5 heteroatoms. The number of benzene rings is 1. The van der Waals surface area contributed by atoms with Gasteiger partial charge in [-0.25, -0.2) is 13.8 Å². The van der Waals surface area contributed by atoms with Crippen LogP contribution < -0.4 is 5.32 Å². The molecule has 0 radical (unpaired) electrons. The Morgan fingerprint density at radius 1 is 1.37 bits per heavy atom. The number of imidazole rings is 1. The maximum atomic E-state index is 13.6. The maximum Gasteiger partial charge on any atom is 0.130 e. The molecule has 0 fully saturated rings. The second-order valence-electron chi connectivity index (χ2n) is 4.55. The highest BCUT2D eigenvalue weighted by Crippen LogP contribution is 2.17. The summed E-state index contributed by atoms with van der Waals surface area (Å²) >= 11 is 0. The van der Waals surface area contributed by atoms with Crippen molar-refractivity contribution in [3.8, 4) is 0 Å². The molecule has 102 valence electrons. The minimum absolute atomic E-state index is 0.166. The summed E-state index contributed by atoms with van der Waals surface area (Å²) in [6, 6.07) is 3.49. The largest absolute Gasteiger partial charge is 0.338 e. The Morgan fingerprint density at radius 2 is 2.16 bits per heavy atom. The molecule has 0 saturated carbocycles. The average Bonchev–Trinajstić information content (AvgIpc) is 2.75. The second-order valence-corrected chi connectivity index (χ2v) is 4.55. The van der Waals surface area contributed by atoms with Gasteiger partial charge in [0.15, 0.2) is 0 Å². The molecule has 0 spiro atoms. The summed E-state index contributed by atoms with van der Waals surface area (Å²) in [4.78, 5) is 4.21. The van der Waals surface area contributed by atoms with Gasteiger partial charge < -0.3 is 9.88 Å². The Bertz CT molecular complexity index is 551. The molecular formula is C14H17F2N3. The number of hydrogen-bond donors (Lipinski definition) is 1. The molecule has 1 unspecified atom stereocenters. The van der Waals surface area contributed by atoms with E-state index < -0.39 is 11.6 Å². The Hall–Kier alpha value is -1.75. The Balaban J connectivity index is 1.91. The number of aryl methyl sites for hydroxylation is 1. The molecule has 0 saturated heterocycles. The van der Waals surface area contributed by atoms with Crippen LogP contribution in [0.3, 0.4) is 0 Å². The van der Waals surface area contributed by atoms with E-state index in [1.807, 2.05) is 24.7 Å². The second kappa shape index (κ2) is 5.93. The predicted molar refractivity (Wildman–Crippen MR) is 69.7 cm³/mol. The van der Waals surface area contributed by atoms with Gasteiger partial charge >= 0.3 is 0 Å². The fraction of sp³-hybridized carbons (Fsp3) is 0.357. The number of halogens is 2. The van der Waals surface area contributed by atoms with Gasteiger partial charge in [-0.1, -0.05) is 6.07 Å². The molecule has 2 aromatic rings. The summed E-state index contributed by atoms with van der Waals surface area (Å²) in [6.45, 7) is 2.54. The van der Waals surface area contributed by atoms with Gasteiger partial charge in [-0.15, -0.1) is 0 Å². The van der Waals surface area contributed by atoms with Crippen LogP contribution in [0.4, 0.5) is 8.78 Å². The van der Waals surface area contributed by atoms with Crippen LogP contribution in [0, 0.1) is 11.6 Å². The van der Waals surface area contributed by atoms with E-state index >= 15 is 0 Å². The van der Waals surface area contributed by atoms with E-state index in [-0.39, 0.29) is 6.04 Å². The van der Waals surface area contributed by atoms with E-state index in [2.05, 4.69) is 10.3 Å². The van der Waals surface area contributed by atoms with E-state index in [4.69, 9.17) is 0 Å². The Morgan fingerprint density at radius 3 is 2.79 bits per heavy atom. The maximum absolute atomic E-state index is 13.6. The standard InChI is InChI=1S/C14H17F2N3/c1-10(12-4-3-11(15)9-13(12)16)17-6-5-14-18-7-8-19(14)2/h3-4,7-10,17H,5-6H2,1-2H3. The van der Waals surface area contributed by atoms with Gasteiger partial charge in [0.05, 0.1) is 0 Å². The van der Waals surface area contributed by atoms with Crippen LogP contribution in [0.2, 0.25) is 0 Å². The molecular weight excluding hydrogens is 248 g/mol. The Labute approximate surface area is 111 Å². The van der Waals surface area contributed by atoms with E-state index in [1.54, 1.807) is 6.20 Å². The lowest BCUT2D eigenvalue weighted by atomic mass is 10.1. The van der Waals surface area contributed by atoms with Crippen molar-refractivity contribution in [2.24, 2.45) is 7.05 Å². The van der Waals surface area contributed by atoms with Crippen molar-refractivity contribution in [3.63, 3.8) is 0 Å². The molecule has 1 heterocycles. The van der Waals surface area contributed by atoms with Gasteiger partial charge in [0.25, 0.3) is 0 Å². The first-order valence-corrected chi connectivity index (χ1v) is 6.22. The monoisotopic (exact) mass is 265 g/mol. The first kappa shape index (κ1) is 13.7. The highest BCUT2D eigenvalue weighted by molar-refractivity contribution is 5.21. The number of nitrogens with one attached hydrogen (secondary N) is 1. The molecule has 0 aliphatic rings. The summed E-state index contributed by atoms with van der Waals surface area (Å²) in [5.41, 5.74) is 0.473. The summed E-state index contributed by atoms with van der Waals surface area (Å²) < 4.78 is 28.3. The quantitative estimate of drug-likeness (QED) is 0.900. The van der Waals surface area contributed by atoms with Crippen LogP contribution >= 0.6 is 0 Å². The molecule has 1 N–H and O–H groups in total. The topological polar surface area (TPSA) is 29.9 Å². The van der Waals surface area contributed by atoms with E-state index in [0.29, 0.717) is 12.1 Å². The molecule has 3 nitrogen and oxygen atoms in total. The first-order chi connectivity index (χ1) is 9.08. The number of rotatable bonds is 5. The van der Waals surface area contributed by atoms with Gasteiger partial charge in [-0.05, 0) is 13.0 Å². The number of hydrogen-bond acceptors (Lipinski definition) is 2. The number of nitrogens with zero attached hydrogens (tertiary/aromatic N) is 2. The van der Waals surface area contributed by atoms with Crippen LogP contribution in [0.15, 0.2) is 30.6 Å². The highest BCUT2D eigenvalue weighted by Gasteiger charge is 2.11. The van der Waals surface area contributed by atoms with Crippen molar-refractivity contribution in [3.05, 3.63) is 53.6 Å². The van der Waals surface area contributed by atoms with Crippen LogP contribution in [0.1, 0.15) is 24.4 Å². The van der Waals surface area contributed by atoms with Crippen molar-refractivity contribution >= 4 is 0 Å². The molecule has 0 bridgehead atoms. The molecule has 0 aliphatic carbocycles. The molecule has 0 amide bonds. The molecule has 0 aliphatic heterocycles. The lowest BCUT2D eigenvalue weighted by Gasteiger charge is -2.15. The van der Waals surface area contributed by atoms with E-state index in [1.165, 1.54) is 12.1 Å². The molecule has 1 atom stereocenters. The zero-order valence-electron chi connectivity index (χ0n) is 11.0. The zero-order valence-corrected chi connectivity index (χ0v) is 11.0. The smallest absolute Gasteiger partial charge is 0.130 e. The minimum atomic E-state index is -0.554. The molecule has 1 aromatic heterocycles. The SMILES string of the molecule is CC(NCCc1nccn1C)c1ccc(F)cc1F. The van der Waals surface area contributed by atoms with Gasteiger partial charge in [0.2, 0.25) is 0 Å². The van der Waals surface area contributed by atoms with Crippen LogP contribution in [0.25, 0.3) is 0 Å². The normalized spacial score (nSPS) is 12.6. The summed E-state index contributed by atoms with van der Waals surface area (Å²) in [7, 11) is 1.94. The van der Waals surface area contributed by atoms with Crippen molar-refractivity contribution in [2.75, 3.05) is 6.54 Å². The first-order valence-electron chi connectivity index (χ1n) is 6.22. The third kappa shape index (κ3) is 3.38.